The van der Waals surface area contributed by atoms with Crippen LogP contribution in [-0.4, -0.2) is 24.3 Å². The van der Waals surface area contributed by atoms with Gasteiger partial charge in [-0.15, -0.1) is 0 Å². The van der Waals surface area contributed by atoms with E-state index >= 15 is 0 Å². The molecule has 1 aliphatic carbocycles. The van der Waals surface area contributed by atoms with Crippen molar-refractivity contribution in [2.45, 2.75) is 51.9 Å². The maximum atomic E-state index is 13.6. The van der Waals surface area contributed by atoms with E-state index < -0.39 is 23.6 Å². The Kier molecular flexibility index (Phi) is 5.23. The average molecular weight is 262 g/mol. The van der Waals surface area contributed by atoms with Crippen LogP contribution in [0.2, 0.25) is 0 Å². The second kappa shape index (κ2) is 6.25. The van der Waals surface area contributed by atoms with E-state index in [1.807, 2.05) is 6.92 Å². The van der Waals surface area contributed by atoms with Crippen LogP contribution in [0.4, 0.5) is 8.78 Å². The number of ether oxygens (including phenoxy) is 1. The summed E-state index contributed by atoms with van der Waals surface area (Å²) in [4.78, 5) is 22.9. The van der Waals surface area contributed by atoms with Gasteiger partial charge in [-0.1, -0.05) is 26.2 Å². The second-order valence-electron chi connectivity index (χ2n) is 4.80. The number of Topliss-reactive ketones (excluding diaryl/α,β-unsaturated/α-hetero) is 1. The lowest BCUT2D eigenvalue weighted by molar-refractivity contribution is -0.178. The molecule has 0 aromatic heterocycles. The van der Waals surface area contributed by atoms with Gasteiger partial charge >= 0.3 is 11.9 Å². The van der Waals surface area contributed by atoms with Crippen LogP contribution < -0.4 is 0 Å². The van der Waals surface area contributed by atoms with Gasteiger partial charge in [0.05, 0.1) is 6.61 Å². The molecular weight excluding hydrogens is 242 g/mol. The molecule has 104 valence electrons. The van der Waals surface area contributed by atoms with Gasteiger partial charge < -0.3 is 4.74 Å². The minimum atomic E-state index is -3.99. The lowest BCUT2D eigenvalue weighted by Gasteiger charge is -2.29. The summed E-state index contributed by atoms with van der Waals surface area (Å²) in [7, 11) is 0. The summed E-state index contributed by atoms with van der Waals surface area (Å²) >= 11 is 0. The van der Waals surface area contributed by atoms with Crippen LogP contribution in [-0.2, 0) is 14.3 Å². The molecule has 1 fully saturated rings. The third kappa shape index (κ3) is 3.27. The van der Waals surface area contributed by atoms with Crippen molar-refractivity contribution in [2.75, 3.05) is 6.61 Å². The third-order valence-electron chi connectivity index (χ3n) is 3.57. The van der Waals surface area contributed by atoms with Gasteiger partial charge in [-0.3, -0.25) is 4.79 Å². The molecule has 0 heterocycles. The zero-order valence-electron chi connectivity index (χ0n) is 10.9. The summed E-state index contributed by atoms with van der Waals surface area (Å²) < 4.78 is 31.4. The van der Waals surface area contributed by atoms with Crippen molar-refractivity contribution >= 4 is 11.8 Å². The molecular formula is C13H20F2O3. The predicted molar refractivity (Wildman–Crippen MR) is 62.3 cm³/mol. The molecule has 5 heteroatoms. The molecule has 0 saturated heterocycles. The molecule has 0 radical (unpaired) electrons. The lowest BCUT2D eigenvalue weighted by atomic mass is 9.77. The molecule has 18 heavy (non-hydrogen) atoms. The van der Waals surface area contributed by atoms with Crippen LogP contribution in [0.25, 0.3) is 0 Å². The molecule has 0 aromatic carbocycles. The van der Waals surface area contributed by atoms with Gasteiger partial charge in [0.1, 0.15) is 0 Å². The number of carbonyl (C=O) groups is 2. The first kappa shape index (κ1) is 15.1. The maximum absolute atomic E-state index is 13.6. The number of carbonyl (C=O) groups excluding carboxylic acids is 2. The Hall–Kier alpha value is -1.00. The number of hydrogen-bond donors (Lipinski definition) is 0. The van der Waals surface area contributed by atoms with Crippen molar-refractivity contribution in [3.8, 4) is 0 Å². The fourth-order valence-corrected chi connectivity index (χ4v) is 2.48. The summed E-state index contributed by atoms with van der Waals surface area (Å²) in [5.74, 6) is -7.36. The average Bonchev–Trinajstić information content (AvgIpc) is 2.38. The molecule has 3 nitrogen and oxygen atoms in total. The lowest BCUT2D eigenvalue weighted by Crippen LogP contribution is -2.44. The number of alkyl halides is 2. The van der Waals surface area contributed by atoms with Crippen LogP contribution in [0, 0.1) is 11.8 Å². The van der Waals surface area contributed by atoms with E-state index in [-0.39, 0.29) is 6.61 Å². The normalized spacial score (nSPS) is 24.7. The van der Waals surface area contributed by atoms with Crippen LogP contribution in [0.3, 0.4) is 0 Å². The highest BCUT2D eigenvalue weighted by Crippen LogP contribution is 2.35. The number of halogens is 2. The summed E-state index contributed by atoms with van der Waals surface area (Å²) in [5.41, 5.74) is 0. The van der Waals surface area contributed by atoms with Crippen molar-refractivity contribution in [1.29, 1.82) is 0 Å². The first-order valence-electron chi connectivity index (χ1n) is 6.52. The number of ketones is 1. The van der Waals surface area contributed by atoms with E-state index in [4.69, 9.17) is 0 Å². The van der Waals surface area contributed by atoms with Crippen molar-refractivity contribution in [3.63, 3.8) is 0 Å². The fraction of sp³-hybridized carbons (Fsp3) is 0.846. The van der Waals surface area contributed by atoms with Gasteiger partial charge in [0.2, 0.25) is 5.78 Å². The van der Waals surface area contributed by atoms with Gasteiger partial charge in [-0.25, -0.2) is 4.79 Å². The summed E-state index contributed by atoms with van der Waals surface area (Å²) in [6.45, 7) is 3.27. The first-order valence-corrected chi connectivity index (χ1v) is 6.52. The van der Waals surface area contributed by atoms with E-state index in [0.717, 1.165) is 19.3 Å². The molecule has 1 aliphatic rings. The van der Waals surface area contributed by atoms with E-state index in [1.54, 1.807) is 0 Å². The molecule has 0 aromatic rings. The van der Waals surface area contributed by atoms with E-state index in [1.165, 1.54) is 6.92 Å². The SMILES string of the molecule is CCOC(=O)C(F)(F)C(=O)C1CCCC(CC)C1. The molecule has 0 aliphatic heterocycles. The van der Waals surface area contributed by atoms with Gasteiger partial charge in [-0.2, -0.15) is 8.78 Å². The van der Waals surface area contributed by atoms with Gasteiger partial charge in [0.15, 0.2) is 0 Å². The van der Waals surface area contributed by atoms with Crippen LogP contribution in [0.5, 0.6) is 0 Å². The van der Waals surface area contributed by atoms with Crippen molar-refractivity contribution in [3.05, 3.63) is 0 Å². The largest absolute Gasteiger partial charge is 0.461 e. The highest BCUT2D eigenvalue weighted by molar-refractivity contribution is 6.06. The van der Waals surface area contributed by atoms with Crippen LogP contribution in [0.1, 0.15) is 46.0 Å². The Balaban J connectivity index is 2.70. The second-order valence-corrected chi connectivity index (χ2v) is 4.80. The minimum Gasteiger partial charge on any atom is -0.461 e. The molecule has 0 amide bonds. The molecule has 0 spiro atoms. The smallest absolute Gasteiger partial charge is 0.400 e. The maximum Gasteiger partial charge on any atom is 0.400 e. The summed E-state index contributed by atoms with van der Waals surface area (Å²) in [6, 6.07) is 0. The monoisotopic (exact) mass is 262 g/mol. The van der Waals surface area contributed by atoms with Crippen LogP contribution in [0.15, 0.2) is 0 Å². The topological polar surface area (TPSA) is 43.4 Å². The first-order chi connectivity index (χ1) is 8.43. The third-order valence-corrected chi connectivity index (χ3v) is 3.57. The number of esters is 1. The summed E-state index contributed by atoms with van der Waals surface area (Å²) in [5, 5.41) is 0. The van der Waals surface area contributed by atoms with Crippen molar-refractivity contribution in [2.24, 2.45) is 11.8 Å². The highest BCUT2D eigenvalue weighted by atomic mass is 19.3. The Morgan fingerprint density at radius 3 is 2.50 bits per heavy atom. The van der Waals surface area contributed by atoms with E-state index in [2.05, 4.69) is 4.74 Å². The Bertz CT molecular complexity index is 315. The van der Waals surface area contributed by atoms with Gasteiger partial charge in [0.25, 0.3) is 0 Å². The minimum absolute atomic E-state index is 0.149. The number of hydrogen-bond acceptors (Lipinski definition) is 3. The fourth-order valence-electron chi connectivity index (χ4n) is 2.48. The van der Waals surface area contributed by atoms with Gasteiger partial charge in [-0.05, 0) is 25.7 Å². The molecule has 0 N–H and O–H groups in total. The Morgan fingerprint density at radius 1 is 1.28 bits per heavy atom. The van der Waals surface area contributed by atoms with Crippen molar-refractivity contribution in [1.82, 2.24) is 0 Å². The molecule has 2 atom stereocenters. The molecule has 2 unspecified atom stereocenters. The number of rotatable bonds is 5. The zero-order valence-corrected chi connectivity index (χ0v) is 10.9. The highest BCUT2D eigenvalue weighted by Gasteiger charge is 2.51. The standard InChI is InChI=1S/C13H20F2O3/c1-3-9-6-5-7-10(8-9)11(16)13(14,15)12(17)18-4-2/h9-10H,3-8H2,1-2H3. The molecule has 0 bridgehead atoms. The van der Waals surface area contributed by atoms with Crippen LogP contribution >= 0.6 is 0 Å². The van der Waals surface area contributed by atoms with Crippen molar-refractivity contribution < 1.29 is 23.1 Å². The summed E-state index contributed by atoms with van der Waals surface area (Å²) in [6.07, 6.45) is 3.54. The Labute approximate surface area is 106 Å². The zero-order chi connectivity index (χ0) is 13.8. The van der Waals surface area contributed by atoms with E-state index in [0.29, 0.717) is 18.8 Å². The molecule has 1 rings (SSSR count). The van der Waals surface area contributed by atoms with E-state index in [9.17, 15) is 18.4 Å². The Morgan fingerprint density at radius 2 is 1.94 bits per heavy atom. The quantitative estimate of drug-likeness (QED) is 0.565. The predicted octanol–water partition coefficient (Wildman–Crippen LogP) is 2.97. The van der Waals surface area contributed by atoms with Gasteiger partial charge in [0, 0.05) is 5.92 Å². The molecule has 1 saturated carbocycles.